The third-order valence-corrected chi connectivity index (χ3v) is 9.26. The van der Waals surface area contributed by atoms with Crippen molar-refractivity contribution < 1.29 is 32.2 Å². The van der Waals surface area contributed by atoms with Gasteiger partial charge in [0.05, 0.1) is 36.7 Å². The standard InChI is InChI=1S/C33H32ClF3N4O4Si/c1-44-23-9-7-22(8-10-23)38-31-25-17-20(33(35,36)37)5-11-27(25)39-32(40-31)41-19-26(24-18-21(34)6-12-28(24)41)29(42)13-14-30(43)45-15-16-46(2,3)4/h5-12,17-19H,13-16H2,1-4H3,(H,38,39,40). The van der Waals surface area contributed by atoms with Crippen molar-refractivity contribution in [3.63, 3.8) is 0 Å². The summed E-state index contributed by atoms with van der Waals surface area (Å²) < 4.78 is 53.1. The number of aromatic nitrogens is 3. The lowest BCUT2D eigenvalue weighted by atomic mass is 10.1. The van der Waals surface area contributed by atoms with Crippen LogP contribution in [0.15, 0.2) is 66.9 Å². The molecule has 0 saturated carbocycles. The molecule has 3 aromatic carbocycles. The fourth-order valence-electron chi connectivity index (χ4n) is 4.79. The highest BCUT2D eigenvalue weighted by Gasteiger charge is 2.31. The number of halogens is 4. The first-order valence-electron chi connectivity index (χ1n) is 14.5. The van der Waals surface area contributed by atoms with Gasteiger partial charge in [-0.25, -0.2) is 4.98 Å². The molecule has 0 spiro atoms. The number of alkyl halides is 3. The molecule has 0 bridgehead atoms. The average Bonchev–Trinajstić information content (AvgIpc) is 3.37. The number of rotatable bonds is 11. The molecule has 5 aromatic rings. The van der Waals surface area contributed by atoms with E-state index in [1.54, 1.807) is 53.2 Å². The Hall–Kier alpha value is -4.42. The lowest BCUT2D eigenvalue weighted by Crippen LogP contribution is -2.22. The summed E-state index contributed by atoms with van der Waals surface area (Å²) in [7, 11) is 0.151. The van der Waals surface area contributed by atoms with Gasteiger partial charge in [-0.15, -0.1) is 0 Å². The summed E-state index contributed by atoms with van der Waals surface area (Å²) in [6, 6.07) is 15.9. The van der Waals surface area contributed by atoms with Crippen LogP contribution in [0.4, 0.5) is 24.7 Å². The van der Waals surface area contributed by atoms with E-state index in [2.05, 4.69) is 34.9 Å². The number of nitrogens with zero attached hydrogens (tertiary/aromatic N) is 3. The van der Waals surface area contributed by atoms with Gasteiger partial charge in [0.2, 0.25) is 5.95 Å². The maximum Gasteiger partial charge on any atom is 0.416 e. The summed E-state index contributed by atoms with van der Waals surface area (Å²) in [5.41, 5.74) is 0.807. The molecule has 0 aliphatic heterocycles. The molecular formula is C33H32ClF3N4O4Si. The smallest absolute Gasteiger partial charge is 0.416 e. The maximum atomic E-state index is 13.7. The highest BCUT2D eigenvalue weighted by molar-refractivity contribution is 6.76. The van der Waals surface area contributed by atoms with Crippen LogP contribution in [0.2, 0.25) is 30.7 Å². The van der Waals surface area contributed by atoms with Crippen LogP contribution in [0, 0.1) is 0 Å². The molecule has 0 atom stereocenters. The van der Waals surface area contributed by atoms with Gasteiger partial charge in [0.25, 0.3) is 0 Å². The summed E-state index contributed by atoms with van der Waals surface area (Å²) in [5.74, 6) is 0.0909. The number of methoxy groups -OCH3 is 1. The molecule has 8 nitrogen and oxygen atoms in total. The second-order valence-corrected chi connectivity index (χ2v) is 18.0. The first kappa shape index (κ1) is 33.0. The Balaban J connectivity index is 1.53. The fraction of sp³-hybridized carbons (Fsp3) is 0.273. The van der Waals surface area contributed by atoms with Gasteiger partial charge in [0.15, 0.2) is 5.78 Å². The molecule has 0 unspecified atom stereocenters. The summed E-state index contributed by atoms with van der Waals surface area (Å²) >= 11 is 6.31. The van der Waals surface area contributed by atoms with Crippen LogP contribution in [0.5, 0.6) is 5.75 Å². The van der Waals surface area contributed by atoms with Crippen molar-refractivity contribution in [2.45, 2.75) is 44.7 Å². The van der Waals surface area contributed by atoms with Crippen molar-refractivity contribution in [3.8, 4) is 11.7 Å². The highest BCUT2D eigenvalue weighted by atomic mass is 35.5. The number of nitrogens with one attached hydrogen (secondary N) is 1. The van der Waals surface area contributed by atoms with E-state index in [4.69, 9.17) is 21.1 Å². The lowest BCUT2D eigenvalue weighted by molar-refractivity contribution is -0.143. The van der Waals surface area contributed by atoms with E-state index in [0.29, 0.717) is 39.5 Å². The number of hydrogen-bond donors (Lipinski definition) is 1. The predicted octanol–water partition coefficient (Wildman–Crippen LogP) is 8.84. The molecule has 5 rings (SSSR count). The third kappa shape index (κ3) is 7.68. The molecule has 2 heterocycles. The van der Waals surface area contributed by atoms with Crippen LogP contribution in [0.1, 0.15) is 28.8 Å². The van der Waals surface area contributed by atoms with Crippen molar-refractivity contribution in [2.75, 3.05) is 19.0 Å². The average molecular weight is 669 g/mol. The molecule has 0 amide bonds. The van der Waals surface area contributed by atoms with Crippen LogP contribution in [-0.4, -0.2) is 48.1 Å². The number of hydrogen-bond acceptors (Lipinski definition) is 7. The SMILES string of the molecule is COc1ccc(Nc2nc(-n3cc(C(=O)CCC(=O)OCC[Si](C)(C)C)c4cc(Cl)ccc43)nc3ccc(C(F)(F)F)cc23)cc1. The Morgan fingerprint density at radius 2 is 1.70 bits per heavy atom. The summed E-state index contributed by atoms with van der Waals surface area (Å²) in [4.78, 5) is 35.0. The molecular weight excluding hydrogens is 637 g/mol. The van der Waals surface area contributed by atoms with E-state index in [0.717, 1.165) is 18.2 Å². The molecule has 46 heavy (non-hydrogen) atoms. The third-order valence-electron chi connectivity index (χ3n) is 7.32. The minimum absolute atomic E-state index is 0.0816. The van der Waals surface area contributed by atoms with E-state index in [9.17, 15) is 22.8 Å². The van der Waals surface area contributed by atoms with Gasteiger partial charge in [-0.2, -0.15) is 18.2 Å². The van der Waals surface area contributed by atoms with Crippen molar-refractivity contribution in [1.82, 2.24) is 14.5 Å². The predicted molar refractivity (Wildman–Crippen MR) is 175 cm³/mol. The number of fused-ring (bicyclic) bond motifs is 2. The number of Topliss-reactive ketones (excluding diaryl/α,β-unsaturated/α-hetero) is 1. The van der Waals surface area contributed by atoms with Crippen molar-refractivity contribution >= 4 is 64.7 Å². The van der Waals surface area contributed by atoms with Crippen LogP contribution < -0.4 is 10.1 Å². The molecule has 1 N–H and O–H groups in total. The molecule has 0 aliphatic rings. The fourth-order valence-corrected chi connectivity index (χ4v) is 5.68. The quantitative estimate of drug-likeness (QED) is 0.0853. The maximum absolute atomic E-state index is 13.7. The first-order chi connectivity index (χ1) is 21.7. The van der Waals surface area contributed by atoms with Gasteiger partial charge in [0.1, 0.15) is 11.6 Å². The molecule has 13 heteroatoms. The largest absolute Gasteiger partial charge is 0.497 e. The van der Waals surface area contributed by atoms with E-state index in [1.165, 1.54) is 13.2 Å². The van der Waals surface area contributed by atoms with Crippen LogP contribution in [0.3, 0.4) is 0 Å². The summed E-state index contributed by atoms with van der Waals surface area (Å²) in [5, 5.41) is 4.17. The Labute approximate surface area is 269 Å². The molecule has 0 aliphatic carbocycles. The van der Waals surface area contributed by atoms with E-state index < -0.39 is 25.8 Å². The number of anilines is 2. The number of benzene rings is 3. The monoisotopic (exact) mass is 668 g/mol. The van der Waals surface area contributed by atoms with Gasteiger partial charge < -0.3 is 14.8 Å². The molecule has 2 aromatic heterocycles. The van der Waals surface area contributed by atoms with Gasteiger partial charge in [0, 0.05) is 47.7 Å². The van der Waals surface area contributed by atoms with E-state index in [-0.39, 0.29) is 41.3 Å². The van der Waals surface area contributed by atoms with Crippen molar-refractivity contribution in [2.24, 2.45) is 0 Å². The normalized spacial score (nSPS) is 12.0. The molecule has 0 radical (unpaired) electrons. The van der Waals surface area contributed by atoms with Crippen molar-refractivity contribution in [1.29, 1.82) is 0 Å². The minimum Gasteiger partial charge on any atom is -0.497 e. The van der Waals surface area contributed by atoms with Gasteiger partial charge in [-0.3, -0.25) is 14.2 Å². The summed E-state index contributed by atoms with van der Waals surface area (Å²) in [6.45, 7) is 6.88. The van der Waals surface area contributed by atoms with Crippen molar-refractivity contribution in [3.05, 3.63) is 83.0 Å². The van der Waals surface area contributed by atoms with Crippen LogP contribution >= 0.6 is 11.6 Å². The van der Waals surface area contributed by atoms with Crippen LogP contribution in [-0.2, 0) is 15.7 Å². The second-order valence-electron chi connectivity index (χ2n) is 12.0. The molecule has 0 saturated heterocycles. The van der Waals surface area contributed by atoms with E-state index >= 15 is 0 Å². The Bertz CT molecular complexity index is 1920. The Morgan fingerprint density at radius 1 is 0.957 bits per heavy atom. The topological polar surface area (TPSA) is 95.3 Å². The second kappa shape index (κ2) is 13.1. The zero-order valence-corrected chi connectivity index (χ0v) is 27.4. The number of esters is 1. The van der Waals surface area contributed by atoms with Gasteiger partial charge >= 0.3 is 12.1 Å². The number of carbonyl (C=O) groups excluding carboxylic acids is 2. The Morgan fingerprint density at radius 3 is 2.37 bits per heavy atom. The first-order valence-corrected chi connectivity index (χ1v) is 18.6. The lowest BCUT2D eigenvalue weighted by Gasteiger charge is -2.15. The Kier molecular flexibility index (Phi) is 9.41. The number of carbonyl (C=O) groups is 2. The van der Waals surface area contributed by atoms with E-state index in [1.807, 2.05) is 0 Å². The summed E-state index contributed by atoms with van der Waals surface area (Å²) in [6.07, 6.45) is -3.18. The van der Waals surface area contributed by atoms with Gasteiger partial charge in [-0.1, -0.05) is 31.2 Å². The number of ether oxygens (including phenoxy) is 2. The number of ketones is 1. The van der Waals surface area contributed by atoms with Gasteiger partial charge in [-0.05, 0) is 66.7 Å². The van der Waals surface area contributed by atoms with Crippen LogP contribution in [0.25, 0.3) is 27.8 Å². The molecule has 0 fully saturated rings. The zero-order chi connectivity index (χ0) is 33.2. The minimum atomic E-state index is -4.57. The highest BCUT2D eigenvalue weighted by Crippen LogP contribution is 2.35. The molecule has 240 valence electrons. The zero-order valence-electron chi connectivity index (χ0n) is 25.7.